The summed E-state index contributed by atoms with van der Waals surface area (Å²) in [6, 6.07) is 4.17. The highest BCUT2D eigenvalue weighted by Crippen LogP contribution is 2.08. The van der Waals surface area contributed by atoms with Crippen LogP contribution in [0.25, 0.3) is 0 Å². The number of carbonyl (C=O) groups excluding carboxylic acids is 1. The van der Waals surface area contributed by atoms with Crippen LogP contribution in [0, 0.1) is 0 Å². The third-order valence-corrected chi connectivity index (χ3v) is 3.27. The predicted molar refractivity (Wildman–Crippen MR) is 70.8 cm³/mol. The summed E-state index contributed by atoms with van der Waals surface area (Å²) in [7, 11) is 0. The number of hydrogen-bond acceptors (Lipinski definition) is 5. The van der Waals surface area contributed by atoms with Crippen LogP contribution in [0.5, 0.6) is 0 Å². The van der Waals surface area contributed by atoms with Crippen molar-refractivity contribution in [1.29, 1.82) is 0 Å². The minimum Gasteiger partial charge on any atom is -0.768 e. The van der Waals surface area contributed by atoms with Crippen molar-refractivity contribution in [2.45, 2.75) is 23.8 Å². The second-order valence-electron chi connectivity index (χ2n) is 4.05. The molecule has 0 fully saturated rings. The Hall–Kier alpha value is -1.77. The van der Waals surface area contributed by atoms with Crippen LogP contribution in [0.1, 0.15) is 23.2 Å². The van der Waals surface area contributed by atoms with Crippen LogP contribution in [0.4, 0.5) is 0 Å². The van der Waals surface area contributed by atoms with Gasteiger partial charge < -0.3 is 20.7 Å². The molecule has 110 valence electrons. The van der Waals surface area contributed by atoms with Gasteiger partial charge in [-0.05, 0) is 54.7 Å². The second kappa shape index (κ2) is 7.73. The van der Waals surface area contributed by atoms with E-state index in [0.717, 1.165) is 0 Å². The number of aliphatic carboxylic acids is 1. The van der Waals surface area contributed by atoms with Crippen LogP contribution in [-0.2, 0) is 15.9 Å². The van der Waals surface area contributed by atoms with Gasteiger partial charge in [0, 0.05) is 10.5 Å². The van der Waals surface area contributed by atoms with E-state index in [2.05, 4.69) is 5.32 Å². The van der Waals surface area contributed by atoms with E-state index < -0.39 is 29.0 Å². The van der Waals surface area contributed by atoms with Gasteiger partial charge >= 0.3 is 5.97 Å². The monoisotopic (exact) mass is 299 g/mol. The van der Waals surface area contributed by atoms with E-state index in [9.17, 15) is 18.4 Å². The lowest BCUT2D eigenvalue weighted by molar-refractivity contribution is -0.139. The molecule has 0 saturated heterocycles. The number of carbonyl (C=O) groups is 2. The van der Waals surface area contributed by atoms with Crippen LogP contribution < -0.4 is 11.1 Å². The summed E-state index contributed by atoms with van der Waals surface area (Å²) in [4.78, 5) is 22.9. The number of hydrogen-bond donors (Lipinski definition) is 3. The molecule has 0 radical (unpaired) electrons. The van der Waals surface area contributed by atoms with Crippen LogP contribution in [0.3, 0.4) is 0 Å². The minimum absolute atomic E-state index is 0.0551. The smallest absolute Gasteiger partial charge is 0.326 e. The highest BCUT2D eigenvalue weighted by Gasteiger charge is 2.19. The van der Waals surface area contributed by atoms with E-state index in [0.29, 0.717) is 13.0 Å². The number of amides is 1. The second-order valence-corrected chi connectivity index (χ2v) is 5.00. The molecule has 2 atom stereocenters. The average Bonchev–Trinajstić information content (AvgIpc) is 2.42. The van der Waals surface area contributed by atoms with Crippen molar-refractivity contribution in [3.05, 3.63) is 29.8 Å². The quantitative estimate of drug-likeness (QED) is 0.599. The van der Waals surface area contributed by atoms with Gasteiger partial charge in [-0.2, -0.15) is 0 Å². The summed E-state index contributed by atoms with van der Waals surface area (Å²) >= 11 is -2.36. The number of nitrogens with one attached hydrogen (secondary N) is 1. The Morgan fingerprint density at radius 2 is 1.95 bits per heavy atom. The largest absolute Gasteiger partial charge is 0.768 e. The van der Waals surface area contributed by atoms with Gasteiger partial charge in [0.15, 0.2) is 0 Å². The number of rotatable bonds is 7. The first-order valence-electron chi connectivity index (χ1n) is 5.88. The van der Waals surface area contributed by atoms with E-state index in [1.54, 1.807) is 0 Å². The van der Waals surface area contributed by atoms with E-state index in [-0.39, 0.29) is 16.9 Å². The van der Waals surface area contributed by atoms with Crippen LogP contribution in [0.15, 0.2) is 29.2 Å². The van der Waals surface area contributed by atoms with Gasteiger partial charge in [-0.1, -0.05) is 0 Å². The Balaban J connectivity index is 2.73. The highest BCUT2D eigenvalue weighted by molar-refractivity contribution is 7.79. The summed E-state index contributed by atoms with van der Waals surface area (Å²) in [6.45, 7) is 0.337. The molecule has 1 aromatic carbocycles. The van der Waals surface area contributed by atoms with Gasteiger partial charge in [0.25, 0.3) is 5.91 Å². The fourth-order valence-electron chi connectivity index (χ4n) is 1.54. The van der Waals surface area contributed by atoms with Gasteiger partial charge in [-0.15, -0.1) is 0 Å². The average molecular weight is 299 g/mol. The Morgan fingerprint density at radius 3 is 2.40 bits per heavy atom. The molecule has 0 spiro atoms. The third-order valence-electron chi connectivity index (χ3n) is 2.61. The Kier molecular flexibility index (Phi) is 6.29. The molecule has 7 nitrogen and oxygen atoms in total. The minimum atomic E-state index is -2.36. The molecule has 0 heterocycles. The van der Waals surface area contributed by atoms with Crippen LogP contribution in [0.2, 0.25) is 0 Å². The molecule has 1 amide bonds. The molecule has 0 aromatic heterocycles. The topological polar surface area (TPSA) is 133 Å². The molecule has 0 bridgehead atoms. The number of carboxylic acid groups (broad SMARTS) is 1. The zero-order valence-corrected chi connectivity index (χ0v) is 11.4. The number of carboxylic acids is 1. The van der Waals surface area contributed by atoms with Crippen molar-refractivity contribution in [2.75, 3.05) is 6.54 Å². The summed E-state index contributed by atoms with van der Waals surface area (Å²) in [6.07, 6.45) is 0.714. The summed E-state index contributed by atoms with van der Waals surface area (Å²) in [5, 5.41) is 11.3. The fourth-order valence-corrected chi connectivity index (χ4v) is 1.90. The first-order valence-corrected chi connectivity index (χ1v) is 6.96. The lowest BCUT2D eigenvalue weighted by atomic mass is 10.1. The zero-order valence-electron chi connectivity index (χ0n) is 10.6. The molecular weight excluding hydrogens is 284 g/mol. The first-order chi connectivity index (χ1) is 9.45. The van der Waals surface area contributed by atoms with E-state index in [1.807, 2.05) is 0 Å². The molecule has 0 aliphatic rings. The molecule has 1 rings (SSSR count). The van der Waals surface area contributed by atoms with Gasteiger partial charge in [0.2, 0.25) is 0 Å². The van der Waals surface area contributed by atoms with E-state index in [1.165, 1.54) is 24.3 Å². The number of benzene rings is 1. The van der Waals surface area contributed by atoms with Gasteiger partial charge in [-0.3, -0.25) is 9.00 Å². The molecule has 20 heavy (non-hydrogen) atoms. The molecule has 1 unspecified atom stereocenters. The van der Waals surface area contributed by atoms with Crippen molar-refractivity contribution < 1.29 is 23.5 Å². The molecule has 0 aliphatic heterocycles. The number of nitrogens with two attached hydrogens (primary N) is 1. The Labute approximate surface area is 118 Å². The fraction of sp³-hybridized carbons (Fsp3) is 0.333. The molecule has 0 saturated carbocycles. The summed E-state index contributed by atoms with van der Waals surface area (Å²) < 4.78 is 21.4. The van der Waals surface area contributed by atoms with Gasteiger partial charge in [-0.25, -0.2) is 4.79 Å². The Morgan fingerprint density at radius 1 is 1.35 bits per heavy atom. The zero-order chi connectivity index (χ0) is 15.1. The van der Waals surface area contributed by atoms with Gasteiger partial charge in [0.1, 0.15) is 6.04 Å². The van der Waals surface area contributed by atoms with E-state index >= 15 is 0 Å². The van der Waals surface area contributed by atoms with Crippen LogP contribution in [-0.4, -0.2) is 38.3 Å². The lowest BCUT2D eigenvalue weighted by Crippen LogP contribution is -2.41. The molecule has 8 heteroatoms. The van der Waals surface area contributed by atoms with Crippen molar-refractivity contribution in [1.82, 2.24) is 5.32 Å². The van der Waals surface area contributed by atoms with Crippen molar-refractivity contribution >= 4 is 23.0 Å². The molecule has 1 aromatic rings. The third kappa shape index (κ3) is 4.72. The van der Waals surface area contributed by atoms with Crippen LogP contribution >= 0.6 is 0 Å². The predicted octanol–water partition coefficient (Wildman–Crippen LogP) is -0.154. The summed E-state index contributed by atoms with van der Waals surface area (Å²) in [5.41, 5.74) is 5.49. The standard InChI is InChI=1S/C12H16N2O5S/c13-7-1-2-10(12(16)17)14-11(15)8-3-5-9(6-4-8)20(18)19/h3-6,10H,1-2,7,13H2,(H,14,15)(H,16,17)(H,18,19)/p-1/t10-/m1/s1. The summed E-state index contributed by atoms with van der Waals surface area (Å²) in [5.74, 6) is -1.71. The SMILES string of the molecule is NCCC[C@@H](NC(=O)c1ccc(S(=O)[O-])cc1)C(=O)O. The highest BCUT2D eigenvalue weighted by atomic mass is 32.2. The van der Waals surface area contributed by atoms with Crippen molar-refractivity contribution in [3.63, 3.8) is 0 Å². The first kappa shape index (κ1) is 16.3. The van der Waals surface area contributed by atoms with Gasteiger partial charge in [0.05, 0.1) is 0 Å². The maximum absolute atomic E-state index is 11.8. The molecular formula is C12H15N2O5S-. The maximum atomic E-state index is 11.8. The van der Waals surface area contributed by atoms with E-state index in [4.69, 9.17) is 10.8 Å². The van der Waals surface area contributed by atoms with Crippen molar-refractivity contribution in [2.24, 2.45) is 5.73 Å². The lowest BCUT2D eigenvalue weighted by Gasteiger charge is -2.14. The molecule has 0 aliphatic carbocycles. The van der Waals surface area contributed by atoms with Crippen molar-refractivity contribution in [3.8, 4) is 0 Å². The Bertz CT molecular complexity index is 503. The molecule has 4 N–H and O–H groups in total. The normalized spacial score (nSPS) is 13.5. The maximum Gasteiger partial charge on any atom is 0.326 e.